The topological polar surface area (TPSA) is 65.5 Å². The number of anilines is 1. The van der Waals surface area contributed by atoms with Crippen LogP contribution in [0.25, 0.3) is 0 Å². The average molecular weight is 227 g/mol. The highest BCUT2D eigenvalue weighted by molar-refractivity contribution is 7.13. The van der Waals surface area contributed by atoms with Gasteiger partial charge in [-0.1, -0.05) is 0 Å². The number of aromatic nitrogens is 1. The molecule has 2 rings (SSSR count). The van der Waals surface area contributed by atoms with Crippen LogP contribution in [0.15, 0.2) is 5.38 Å². The van der Waals surface area contributed by atoms with Gasteiger partial charge < -0.3 is 15.3 Å². The Morgan fingerprint density at radius 2 is 2.53 bits per heavy atom. The summed E-state index contributed by atoms with van der Waals surface area (Å²) in [5, 5.41) is 14.7. The van der Waals surface area contributed by atoms with Crippen LogP contribution in [-0.4, -0.2) is 35.6 Å². The zero-order valence-electron chi connectivity index (χ0n) is 8.43. The molecule has 0 aliphatic carbocycles. The Labute approximate surface area is 91.7 Å². The number of hydrogen-bond donors (Lipinski definition) is 2. The van der Waals surface area contributed by atoms with Crippen molar-refractivity contribution in [2.45, 2.75) is 13.0 Å². The molecule has 1 amide bonds. The first kappa shape index (κ1) is 10.4. The van der Waals surface area contributed by atoms with E-state index < -0.39 is 6.10 Å². The van der Waals surface area contributed by atoms with Gasteiger partial charge in [0.15, 0.2) is 5.13 Å². The van der Waals surface area contributed by atoms with Crippen LogP contribution in [0.3, 0.4) is 0 Å². The lowest BCUT2D eigenvalue weighted by atomic mass is 10.3. The van der Waals surface area contributed by atoms with Crippen molar-refractivity contribution in [2.24, 2.45) is 0 Å². The van der Waals surface area contributed by atoms with E-state index in [0.29, 0.717) is 18.8 Å². The predicted octanol–water partition coefficient (Wildman–Crippen LogP) is 0.133. The molecule has 1 aromatic heterocycles. The van der Waals surface area contributed by atoms with Gasteiger partial charge in [0.25, 0.3) is 0 Å². The molecular formula is C9H13N3O2S. The van der Waals surface area contributed by atoms with E-state index in [2.05, 4.69) is 10.3 Å². The molecule has 1 unspecified atom stereocenters. The summed E-state index contributed by atoms with van der Waals surface area (Å²) in [6.07, 6.45) is -0.548. The maximum absolute atomic E-state index is 11.2. The summed E-state index contributed by atoms with van der Waals surface area (Å²) in [5.74, 6) is 0.0232. The molecule has 0 bridgehead atoms. The normalized spacial score (nSPS) is 18.8. The van der Waals surface area contributed by atoms with Crippen molar-refractivity contribution in [1.29, 1.82) is 0 Å². The molecule has 0 radical (unpaired) electrons. The lowest BCUT2D eigenvalue weighted by Gasteiger charge is -2.25. The highest BCUT2D eigenvalue weighted by Crippen LogP contribution is 2.24. The van der Waals surface area contributed by atoms with E-state index >= 15 is 0 Å². The molecule has 0 saturated carbocycles. The lowest BCUT2D eigenvalue weighted by molar-refractivity contribution is -0.120. The van der Waals surface area contributed by atoms with Crippen molar-refractivity contribution in [3.63, 3.8) is 0 Å². The Kier molecular flexibility index (Phi) is 2.88. The second-order valence-corrected chi connectivity index (χ2v) is 4.34. The van der Waals surface area contributed by atoms with Crippen LogP contribution in [0, 0.1) is 0 Å². The second kappa shape index (κ2) is 4.16. The van der Waals surface area contributed by atoms with Crippen molar-refractivity contribution in [2.75, 3.05) is 24.5 Å². The van der Waals surface area contributed by atoms with E-state index in [9.17, 15) is 9.90 Å². The lowest BCUT2D eigenvalue weighted by Crippen LogP contribution is -2.47. The van der Waals surface area contributed by atoms with Gasteiger partial charge in [-0.15, -0.1) is 11.3 Å². The summed E-state index contributed by atoms with van der Waals surface area (Å²) in [7, 11) is 0. The number of thiazole rings is 1. The summed E-state index contributed by atoms with van der Waals surface area (Å²) in [5.41, 5.74) is 0.668. The maximum Gasteiger partial charge on any atom is 0.239 e. The smallest absolute Gasteiger partial charge is 0.239 e. The minimum Gasteiger partial charge on any atom is -0.387 e. The molecule has 1 atom stereocenters. The van der Waals surface area contributed by atoms with Crippen molar-refractivity contribution in [3.8, 4) is 0 Å². The van der Waals surface area contributed by atoms with Crippen LogP contribution in [0.5, 0.6) is 0 Å². The SMILES string of the molecule is CC(O)c1csc(N2CCNC(=O)C2)n1. The average Bonchev–Trinajstić information content (AvgIpc) is 2.66. The van der Waals surface area contributed by atoms with Gasteiger partial charge in [0.1, 0.15) is 0 Å². The zero-order valence-corrected chi connectivity index (χ0v) is 9.25. The van der Waals surface area contributed by atoms with Gasteiger partial charge in [-0.3, -0.25) is 4.79 Å². The third-order valence-electron chi connectivity index (χ3n) is 2.25. The van der Waals surface area contributed by atoms with Gasteiger partial charge in [-0.25, -0.2) is 4.98 Å². The number of rotatable bonds is 2. The van der Waals surface area contributed by atoms with Crippen molar-refractivity contribution < 1.29 is 9.90 Å². The summed E-state index contributed by atoms with van der Waals surface area (Å²) in [6.45, 7) is 3.47. The summed E-state index contributed by atoms with van der Waals surface area (Å²) in [6, 6.07) is 0. The number of carbonyl (C=O) groups excluding carboxylic acids is 1. The highest BCUT2D eigenvalue weighted by Gasteiger charge is 2.19. The van der Waals surface area contributed by atoms with Gasteiger partial charge in [0.05, 0.1) is 18.3 Å². The Balaban J connectivity index is 2.11. The molecule has 0 aromatic carbocycles. The number of aliphatic hydroxyl groups excluding tert-OH is 1. The Bertz CT molecular complexity index is 364. The minimum atomic E-state index is -0.548. The first-order valence-corrected chi connectivity index (χ1v) is 5.70. The Morgan fingerprint density at radius 3 is 3.13 bits per heavy atom. The molecule has 1 fully saturated rings. The number of piperazine rings is 1. The molecule has 15 heavy (non-hydrogen) atoms. The van der Waals surface area contributed by atoms with Crippen LogP contribution in [-0.2, 0) is 4.79 Å². The van der Waals surface area contributed by atoms with Gasteiger partial charge in [-0.05, 0) is 6.92 Å². The maximum atomic E-state index is 11.2. The highest BCUT2D eigenvalue weighted by atomic mass is 32.1. The van der Waals surface area contributed by atoms with Gasteiger partial charge in [-0.2, -0.15) is 0 Å². The van der Waals surface area contributed by atoms with Crippen LogP contribution in [0.4, 0.5) is 5.13 Å². The quantitative estimate of drug-likeness (QED) is 0.754. The Morgan fingerprint density at radius 1 is 1.73 bits per heavy atom. The molecule has 2 heterocycles. The Hall–Kier alpha value is -1.14. The largest absolute Gasteiger partial charge is 0.387 e. The molecule has 6 heteroatoms. The fourth-order valence-electron chi connectivity index (χ4n) is 1.42. The number of aliphatic hydroxyl groups is 1. The van der Waals surface area contributed by atoms with Crippen LogP contribution in [0.1, 0.15) is 18.7 Å². The molecule has 2 N–H and O–H groups in total. The molecule has 1 saturated heterocycles. The van der Waals surface area contributed by atoms with E-state index in [0.717, 1.165) is 11.7 Å². The third-order valence-corrected chi connectivity index (χ3v) is 3.17. The van der Waals surface area contributed by atoms with Crippen LogP contribution >= 0.6 is 11.3 Å². The molecule has 1 aromatic rings. The van der Waals surface area contributed by atoms with Crippen molar-refractivity contribution in [3.05, 3.63) is 11.1 Å². The molecule has 5 nitrogen and oxygen atoms in total. The summed E-state index contributed by atoms with van der Waals surface area (Å²) < 4.78 is 0. The second-order valence-electron chi connectivity index (χ2n) is 3.50. The number of nitrogens with one attached hydrogen (secondary N) is 1. The van der Waals surface area contributed by atoms with Crippen molar-refractivity contribution >= 4 is 22.4 Å². The van der Waals surface area contributed by atoms with Crippen molar-refractivity contribution in [1.82, 2.24) is 10.3 Å². The fraction of sp³-hybridized carbons (Fsp3) is 0.556. The van der Waals surface area contributed by atoms with E-state index in [1.165, 1.54) is 11.3 Å². The molecule has 1 aliphatic heterocycles. The first-order valence-electron chi connectivity index (χ1n) is 4.82. The minimum absolute atomic E-state index is 0.0232. The van der Waals surface area contributed by atoms with Gasteiger partial charge in [0.2, 0.25) is 5.91 Å². The van der Waals surface area contributed by atoms with Crippen LogP contribution in [0.2, 0.25) is 0 Å². The standard InChI is InChI=1S/C9H13N3O2S/c1-6(13)7-5-15-9(11-7)12-3-2-10-8(14)4-12/h5-6,13H,2-4H2,1H3,(H,10,14). The molecule has 0 spiro atoms. The zero-order chi connectivity index (χ0) is 10.8. The van der Waals surface area contributed by atoms with Gasteiger partial charge >= 0.3 is 0 Å². The predicted molar refractivity (Wildman–Crippen MR) is 58.0 cm³/mol. The van der Waals surface area contributed by atoms with Gasteiger partial charge in [0, 0.05) is 18.5 Å². The number of hydrogen-bond acceptors (Lipinski definition) is 5. The first-order chi connectivity index (χ1) is 7.16. The van der Waals surface area contributed by atoms with E-state index in [1.54, 1.807) is 6.92 Å². The van der Waals surface area contributed by atoms with E-state index in [4.69, 9.17) is 0 Å². The summed E-state index contributed by atoms with van der Waals surface area (Å²) >= 11 is 1.46. The van der Waals surface area contributed by atoms with Crippen LogP contribution < -0.4 is 10.2 Å². The summed E-state index contributed by atoms with van der Waals surface area (Å²) in [4.78, 5) is 17.4. The number of nitrogens with zero attached hydrogens (tertiary/aromatic N) is 2. The molecule has 82 valence electrons. The third kappa shape index (κ3) is 2.27. The monoisotopic (exact) mass is 227 g/mol. The van der Waals surface area contributed by atoms with E-state index in [-0.39, 0.29) is 5.91 Å². The fourth-order valence-corrected chi connectivity index (χ4v) is 2.35. The molecule has 1 aliphatic rings. The molecular weight excluding hydrogens is 214 g/mol. The van der Waals surface area contributed by atoms with E-state index in [1.807, 2.05) is 10.3 Å². The number of carbonyl (C=O) groups is 1. The number of amides is 1.